The van der Waals surface area contributed by atoms with Gasteiger partial charge < -0.3 is 14.5 Å². The molecule has 0 aliphatic carbocycles. The molecule has 2 heterocycles. The summed E-state index contributed by atoms with van der Waals surface area (Å²) in [4.78, 5) is 12.7. The van der Waals surface area contributed by atoms with Gasteiger partial charge in [-0.2, -0.15) is 0 Å². The first-order valence-electron chi connectivity index (χ1n) is 5.72. The number of rotatable bonds is 5. The molecule has 2 aromatic heterocycles. The van der Waals surface area contributed by atoms with Gasteiger partial charge in [-0.3, -0.25) is 0 Å². The summed E-state index contributed by atoms with van der Waals surface area (Å²) in [6.07, 6.45) is 0. The monoisotopic (exact) mass is 343 g/mol. The topological polar surface area (TPSA) is 51.5 Å². The fourth-order valence-electron chi connectivity index (χ4n) is 1.69. The Kier molecular flexibility index (Phi) is 4.79. The summed E-state index contributed by atoms with van der Waals surface area (Å²) in [6, 6.07) is 3.74. The smallest absolute Gasteiger partial charge is 0.341 e. The van der Waals surface area contributed by atoms with E-state index in [4.69, 9.17) is 4.42 Å². The number of carbonyl (C=O) groups is 1. The van der Waals surface area contributed by atoms with Crippen LogP contribution in [0.15, 0.2) is 26.4 Å². The number of esters is 1. The molecule has 1 N–H and O–H groups in total. The number of halogens is 1. The van der Waals surface area contributed by atoms with Gasteiger partial charge >= 0.3 is 5.97 Å². The van der Waals surface area contributed by atoms with Gasteiger partial charge in [-0.15, -0.1) is 11.3 Å². The van der Waals surface area contributed by atoms with Gasteiger partial charge in [-0.1, -0.05) is 0 Å². The maximum Gasteiger partial charge on any atom is 0.341 e. The molecule has 0 saturated heterocycles. The predicted molar refractivity (Wildman–Crippen MR) is 77.3 cm³/mol. The van der Waals surface area contributed by atoms with Crippen LogP contribution in [0.1, 0.15) is 26.8 Å². The van der Waals surface area contributed by atoms with Gasteiger partial charge in [0.1, 0.15) is 17.1 Å². The largest absolute Gasteiger partial charge is 0.465 e. The molecule has 0 spiro atoms. The Labute approximate surface area is 123 Å². The van der Waals surface area contributed by atoms with Crippen LogP contribution in [0.5, 0.6) is 0 Å². The van der Waals surface area contributed by atoms with E-state index in [0.717, 1.165) is 16.8 Å². The summed E-state index contributed by atoms with van der Waals surface area (Å²) in [6.45, 7) is 3.08. The number of nitrogens with one attached hydrogen (secondary N) is 1. The summed E-state index contributed by atoms with van der Waals surface area (Å²) >= 11 is 5.17. The molecule has 0 aliphatic heterocycles. The highest BCUT2D eigenvalue weighted by atomic mass is 79.9. The summed E-state index contributed by atoms with van der Waals surface area (Å²) in [5.74, 6) is 0.944. The quantitative estimate of drug-likeness (QED) is 0.844. The molecule has 19 heavy (non-hydrogen) atoms. The summed E-state index contributed by atoms with van der Waals surface area (Å²) in [5.41, 5.74) is 0.483. The second-order valence-electron chi connectivity index (χ2n) is 3.97. The molecule has 0 atom stereocenters. The second-order valence-corrected chi connectivity index (χ2v) is 5.82. The van der Waals surface area contributed by atoms with Crippen LogP contribution in [0.25, 0.3) is 0 Å². The molecule has 0 unspecified atom stereocenters. The lowest BCUT2D eigenvalue weighted by molar-refractivity contribution is 0.0599. The Hall–Kier alpha value is -1.11. The minimum absolute atomic E-state index is 0.367. The number of ether oxygens (including phenoxy) is 1. The van der Waals surface area contributed by atoms with Gasteiger partial charge in [0.15, 0.2) is 0 Å². The van der Waals surface area contributed by atoms with E-state index in [9.17, 15) is 4.79 Å². The van der Waals surface area contributed by atoms with Crippen LogP contribution in [0, 0.1) is 6.92 Å². The molecular formula is C13H14BrNO3S. The fraction of sp³-hybridized carbons (Fsp3) is 0.308. The molecule has 0 amide bonds. The Morgan fingerprint density at radius 1 is 1.53 bits per heavy atom. The normalized spacial score (nSPS) is 10.7. The Morgan fingerprint density at radius 3 is 2.95 bits per heavy atom. The van der Waals surface area contributed by atoms with E-state index in [1.807, 2.05) is 11.4 Å². The number of carbonyl (C=O) groups excluding carboxylic acids is 1. The third-order valence-corrected chi connectivity index (χ3v) is 4.58. The first-order valence-corrected chi connectivity index (χ1v) is 7.39. The van der Waals surface area contributed by atoms with Crippen molar-refractivity contribution < 1.29 is 13.9 Å². The summed E-state index contributed by atoms with van der Waals surface area (Å²) in [5, 5.41) is 5.31. The molecule has 0 bridgehead atoms. The van der Waals surface area contributed by atoms with E-state index in [-0.39, 0.29) is 5.97 Å². The zero-order valence-electron chi connectivity index (χ0n) is 10.7. The number of furan rings is 1. The Morgan fingerprint density at radius 2 is 2.32 bits per heavy atom. The van der Waals surface area contributed by atoms with Crippen molar-refractivity contribution >= 4 is 33.2 Å². The molecule has 2 rings (SSSR count). The maximum absolute atomic E-state index is 11.4. The van der Waals surface area contributed by atoms with Crippen LogP contribution in [0.3, 0.4) is 0 Å². The average molecular weight is 344 g/mol. The van der Waals surface area contributed by atoms with Gasteiger partial charge in [0.25, 0.3) is 0 Å². The highest BCUT2D eigenvalue weighted by Gasteiger charge is 2.15. The molecule has 6 heteroatoms. The average Bonchev–Trinajstić information content (AvgIpc) is 2.96. The Bertz CT molecular complexity index is 576. The van der Waals surface area contributed by atoms with Crippen molar-refractivity contribution in [2.75, 3.05) is 7.11 Å². The number of aryl methyl sites for hydroxylation is 1. The van der Waals surface area contributed by atoms with Gasteiger partial charge in [-0.25, -0.2) is 4.79 Å². The van der Waals surface area contributed by atoms with Crippen molar-refractivity contribution in [1.29, 1.82) is 0 Å². The SMILES string of the molecule is COC(=O)c1cc(CNCc2sccc2Br)oc1C. The standard InChI is InChI=1S/C13H14BrNO3S/c1-8-10(13(16)17-2)5-9(18-8)6-15-7-12-11(14)3-4-19-12/h3-5,15H,6-7H2,1-2H3. The van der Waals surface area contributed by atoms with Crippen LogP contribution < -0.4 is 5.32 Å². The number of methoxy groups -OCH3 is 1. The molecule has 2 aromatic rings. The van der Waals surface area contributed by atoms with E-state index in [0.29, 0.717) is 17.9 Å². The summed E-state index contributed by atoms with van der Waals surface area (Å²) < 4.78 is 11.3. The molecule has 0 fully saturated rings. The van der Waals surface area contributed by atoms with Gasteiger partial charge in [-0.05, 0) is 40.4 Å². The van der Waals surface area contributed by atoms with Crippen LogP contribution in [-0.4, -0.2) is 13.1 Å². The van der Waals surface area contributed by atoms with Crippen molar-refractivity contribution in [3.63, 3.8) is 0 Å². The molecule has 0 aliphatic rings. The highest BCUT2D eigenvalue weighted by molar-refractivity contribution is 9.10. The van der Waals surface area contributed by atoms with E-state index < -0.39 is 0 Å². The summed E-state index contributed by atoms with van der Waals surface area (Å²) in [7, 11) is 1.36. The van der Waals surface area contributed by atoms with Crippen LogP contribution >= 0.6 is 27.3 Å². The zero-order chi connectivity index (χ0) is 13.8. The van der Waals surface area contributed by atoms with E-state index in [2.05, 4.69) is 26.0 Å². The van der Waals surface area contributed by atoms with Crippen molar-refractivity contribution in [2.45, 2.75) is 20.0 Å². The van der Waals surface area contributed by atoms with Gasteiger partial charge in [0.2, 0.25) is 0 Å². The second kappa shape index (κ2) is 6.36. The van der Waals surface area contributed by atoms with Crippen LogP contribution in [-0.2, 0) is 17.8 Å². The van der Waals surface area contributed by atoms with Gasteiger partial charge in [0, 0.05) is 15.9 Å². The number of hydrogen-bond acceptors (Lipinski definition) is 5. The van der Waals surface area contributed by atoms with Crippen LogP contribution in [0.2, 0.25) is 0 Å². The van der Waals surface area contributed by atoms with E-state index in [1.54, 1.807) is 24.3 Å². The van der Waals surface area contributed by atoms with Crippen molar-refractivity contribution in [3.05, 3.63) is 43.9 Å². The lowest BCUT2D eigenvalue weighted by Crippen LogP contribution is -2.11. The molecule has 102 valence electrons. The third-order valence-electron chi connectivity index (χ3n) is 2.65. The molecular weight excluding hydrogens is 330 g/mol. The highest BCUT2D eigenvalue weighted by Crippen LogP contribution is 2.22. The third kappa shape index (κ3) is 3.46. The molecule has 0 radical (unpaired) electrons. The van der Waals surface area contributed by atoms with Gasteiger partial charge in [0.05, 0.1) is 13.7 Å². The lowest BCUT2D eigenvalue weighted by atomic mass is 10.2. The molecule has 0 saturated carbocycles. The van der Waals surface area contributed by atoms with Crippen molar-refractivity contribution in [1.82, 2.24) is 5.32 Å². The van der Waals surface area contributed by atoms with Crippen molar-refractivity contribution in [3.8, 4) is 0 Å². The number of thiophene rings is 1. The predicted octanol–water partition coefficient (Wildman–Crippen LogP) is 3.49. The fourth-order valence-corrected chi connectivity index (χ4v) is 3.16. The van der Waals surface area contributed by atoms with E-state index in [1.165, 1.54) is 12.0 Å². The van der Waals surface area contributed by atoms with Crippen molar-refractivity contribution in [2.24, 2.45) is 0 Å². The molecule has 0 aromatic carbocycles. The first kappa shape index (κ1) is 14.3. The van der Waals surface area contributed by atoms with Crippen LogP contribution in [0.4, 0.5) is 0 Å². The first-order chi connectivity index (χ1) is 9.11. The minimum atomic E-state index is -0.367. The zero-order valence-corrected chi connectivity index (χ0v) is 13.1. The van der Waals surface area contributed by atoms with E-state index >= 15 is 0 Å². The lowest BCUT2D eigenvalue weighted by Gasteiger charge is -2.00. The minimum Gasteiger partial charge on any atom is -0.465 e. The maximum atomic E-state index is 11.4. The Balaban J connectivity index is 1.93. The number of hydrogen-bond donors (Lipinski definition) is 1. The molecule has 4 nitrogen and oxygen atoms in total.